The Bertz CT molecular complexity index is 663. The second-order valence-electron chi connectivity index (χ2n) is 9.95. The Hall–Kier alpha value is -1.36. The quantitative estimate of drug-likeness (QED) is 0.755. The molecule has 2 saturated heterocycles. The van der Waals surface area contributed by atoms with Gasteiger partial charge < -0.3 is 9.80 Å². The van der Waals surface area contributed by atoms with Gasteiger partial charge in [0.1, 0.15) is 0 Å². The summed E-state index contributed by atoms with van der Waals surface area (Å²) in [6.07, 6.45) is 16.0. The van der Waals surface area contributed by atoms with Gasteiger partial charge in [-0.25, -0.2) is 0 Å². The molecule has 1 aromatic heterocycles. The van der Waals surface area contributed by atoms with E-state index in [1.54, 1.807) is 6.20 Å². The minimum Gasteiger partial charge on any atom is -0.338 e. The average Bonchev–Trinajstić information content (AvgIpc) is 3.35. The number of likely N-dealkylation sites (tertiary alicyclic amines) is 2. The minimum absolute atomic E-state index is 0.170. The smallest absolute Gasteiger partial charge is 0.257 e. The molecular formula is C23H38N4O. The average molecular weight is 387 g/mol. The van der Waals surface area contributed by atoms with Gasteiger partial charge in [0.2, 0.25) is 0 Å². The van der Waals surface area contributed by atoms with E-state index in [9.17, 15) is 4.79 Å². The van der Waals surface area contributed by atoms with Crippen LogP contribution in [0.1, 0.15) is 88.0 Å². The predicted octanol–water partition coefficient (Wildman–Crippen LogP) is 4.36. The number of carbonyl (C=O) groups excluding carboxylic acids is 1. The molecular weight excluding hydrogens is 348 g/mol. The summed E-state index contributed by atoms with van der Waals surface area (Å²) in [6.45, 7) is 9.73. The minimum atomic E-state index is 0.170. The van der Waals surface area contributed by atoms with E-state index in [-0.39, 0.29) is 5.91 Å². The van der Waals surface area contributed by atoms with Gasteiger partial charge in [-0.15, -0.1) is 0 Å². The van der Waals surface area contributed by atoms with Crippen molar-refractivity contribution < 1.29 is 4.79 Å². The Morgan fingerprint density at radius 3 is 2.71 bits per heavy atom. The predicted molar refractivity (Wildman–Crippen MR) is 112 cm³/mol. The summed E-state index contributed by atoms with van der Waals surface area (Å²) < 4.78 is 1.88. The number of aromatic nitrogens is 2. The molecule has 28 heavy (non-hydrogen) atoms. The number of rotatable bonds is 5. The van der Waals surface area contributed by atoms with Gasteiger partial charge in [0.15, 0.2) is 0 Å². The van der Waals surface area contributed by atoms with Crippen molar-refractivity contribution in [3.63, 3.8) is 0 Å². The van der Waals surface area contributed by atoms with Crippen molar-refractivity contribution in [1.82, 2.24) is 19.6 Å². The summed E-state index contributed by atoms with van der Waals surface area (Å²) >= 11 is 0. The lowest BCUT2D eigenvalue weighted by Gasteiger charge is -2.41. The summed E-state index contributed by atoms with van der Waals surface area (Å²) in [5, 5.41) is 4.35. The molecule has 1 atom stereocenters. The fourth-order valence-electron chi connectivity index (χ4n) is 5.70. The SMILES string of the molecule is CC(C)n1cc(C(=O)N2CCC3(CCCN(CCC4CCCCC4)C3)C2)cn1. The maximum absolute atomic E-state index is 13.0. The normalized spacial score (nSPS) is 27.2. The summed E-state index contributed by atoms with van der Waals surface area (Å²) in [4.78, 5) is 17.8. The number of piperidine rings is 1. The summed E-state index contributed by atoms with van der Waals surface area (Å²) in [6, 6.07) is 0.294. The van der Waals surface area contributed by atoms with Crippen molar-refractivity contribution in [3.05, 3.63) is 18.0 Å². The first-order chi connectivity index (χ1) is 13.5. The van der Waals surface area contributed by atoms with Gasteiger partial charge in [-0.2, -0.15) is 5.10 Å². The number of hydrogen-bond acceptors (Lipinski definition) is 3. The van der Waals surface area contributed by atoms with Crippen molar-refractivity contribution in [1.29, 1.82) is 0 Å². The second-order valence-corrected chi connectivity index (χ2v) is 9.95. The standard InChI is InChI=1S/C23H38N4O/c1-19(2)27-16-21(15-24-27)22(28)26-14-11-23(18-26)10-6-12-25(17-23)13-9-20-7-4-3-5-8-20/h15-16,19-20H,3-14,17-18H2,1-2H3. The number of nitrogens with zero attached hydrogens (tertiary/aromatic N) is 4. The van der Waals surface area contributed by atoms with E-state index in [1.165, 1.54) is 71.0 Å². The first kappa shape index (κ1) is 19.9. The van der Waals surface area contributed by atoms with Crippen LogP contribution >= 0.6 is 0 Å². The molecule has 5 heteroatoms. The first-order valence-electron chi connectivity index (χ1n) is 11.6. The first-order valence-corrected chi connectivity index (χ1v) is 11.6. The van der Waals surface area contributed by atoms with E-state index in [1.807, 2.05) is 10.9 Å². The zero-order chi connectivity index (χ0) is 19.6. The molecule has 0 bridgehead atoms. The maximum atomic E-state index is 13.0. The molecule has 156 valence electrons. The van der Waals surface area contributed by atoms with Gasteiger partial charge >= 0.3 is 0 Å². The lowest BCUT2D eigenvalue weighted by atomic mass is 9.79. The van der Waals surface area contributed by atoms with Gasteiger partial charge in [0.05, 0.1) is 11.8 Å². The molecule has 5 nitrogen and oxygen atoms in total. The maximum Gasteiger partial charge on any atom is 0.257 e. The Balaban J connectivity index is 1.31. The van der Waals surface area contributed by atoms with Crippen molar-refractivity contribution in [2.45, 2.75) is 77.7 Å². The van der Waals surface area contributed by atoms with Crippen LogP contribution in [0.2, 0.25) is 0 Å². The van der Waals surface area contributed by atoms with Crippen molar-refractivity contribution >= 4 is 5.91 Å². The summed E-state index contributed by atoms with van der Waals surface area (Å²) in [5.41, 5.74) is 1.07. The van der Waals surface area contributed by atoms with Crippen molar-refractivity contribution in [2.75, 3.05) is 32.7 Å². The Kier molecular flexibility index (Phi) is 6.10. The highest BCUT2D eigenvalue weighted by atomic mass is 16.2. The zero-order valence-electron chi connectivity index (χ0n) is 17.9. The van der Waals surface area contributed by atoms with Crippen LogP contribution in [0.4, 0.5) is 0 Å². The van der Waals surface area contributed by atoms with E-state index >= 15 is 0 Å². The molecule has 0 radical (unpaired) electrons. The van der Waals surface area contributed by atoms with Crippen molar-refractivity contribution in [2.24, 2.45) is 11.3 Å². The molecule has 1 aromatic rings. The Labute approximate surface area is 170 Å². The zero-order valence-corrected chi connectivity index (χ0v) is 17.9. The topological polar surface area (TPSA) is 41.4 Å². The van der Waals surface area contributed by atoms with Gasteiger partial charge in [-0.1, -0.05) is 32.1 Å². The van der Waals surface area contributed by atoms with Gasteiger partial charge in [0, 0.05) is 37.3 Å². The molecule has 1 spiro atoms. The second kappa shape index (κ2) is 8.56. The third-order valence-electron chi connectivity index (χ3n) is 7.42. The van der Waals surface area contributed by atoms with Crippen LogP contribution in [0.5, 0.6) is 0 Å². The lowest BCUT2D eigenvalue weighted by Crippen LogP contribution is -2.45. The van der Waals surface area contributed by atoms with Gasteiger partial charge in [0.25, 0.3) is 5.91 Å². The molecule has 1 amide bonds. The largest absolute Gasteiger partial charge is 0.338 e. The van der Waals surface area contributed by atoms with E-state index in [2.05, 4.69) is 28.7 Å². The van der Waals surface area contributed by atoms with E-state index < -0.39 is 0 Å². The third kappa shape index (κ3) is 4.45. The molecule has 1 aliphatic carbocycles. The summed E-state index contributed by atoms with van der Waals surface area (Å²) in [7, 11) is 0. The fraction of sp³-hybridized carbons (Fsp3) is 0.826. The van der Waals surface area contributed by atoms with Crippen LogP contribution in [0.25, 0.3) is 0 Å². The van der Waals surface area contributed by atoms with Crippen LogP contribution < -0.4 is 0 Å². The third-order valence-corrected chi connectivity index (χ3v) is 7.42. The molecule has 1 unspecified atom stereocenters. The molecule has 3 aliphatic rings. The Morgan fingerprint density at radius 1 is 1.14 bits per heavy atom. The molecule has 4 rings (SSSR count). The highest BCUT2D eigenvalue weighted by Gasteiger charge is 2.43. The molecule has 0 N–H and O–H groups in total. The van der Waals surface area contributed by atoms with Crippen LogP contribution in [-0.2, 0) is 0 Å². The van der Waals surface area contributed by atoms with Crippen LogP contribution in [0.15, 0.2) is 12.4 Å². The van der Waals surface area contributed by atoms with E-state index in [0.717, 1.165) is 31.0 Å². The highest BCUT2D eigenvalue weighted by Crippen LogP contribution is 2.40. The number of amides is 1. The Morgan fingerprint density at radius 2 is 1.96 bits per heavy atom. The van der Waals surface area contributed by atoms with E-state index in [0.29, 0.717) is 11.5 Å². The number of carbonyl (C=O) groups is 1. The number of hydrogen-bond donors (Lipinski definition) is 0. The fourth-order valence-corrected chi connectivity index (χ4v) is 5.70. The van der Waals surface area contributed by atoms with Crippen LogP contribution in [0.3, 0.4) is 0 Å². The van der Waals surface area contributed by atoms with Gasteiger partial charge in [-0.3, -0.25) is 9.48 Å². The molecule has 2 aliphatic heterocycles. The van der Waals surface area contributed by atoms with Crippen LogP contribution in [0, 0.1) is 11.3 Å². The van der Waals surface area contributed by atoms with Crippen molar-refractivity contribution in [3.8, 4) is 0 Å². The molecule has 3 fully saturated rings. The molecule has 3 heterocycles. The lowest BCUT2D eigenvalue weighted by molar-refractivity contribution is 0.0674. The summed E-state index contributed by atoms with van der Waals surface area (Å²) in [5.74, 6) is 1.13. The van der Waals surface area contributed by atoms with Gasteiger partial charge in [-0.05, 0) is 58.5 Å². The van der Waals surface area contributed by atoms with E-state index in [4.69, 9.17) is 0 Å². The van der Waals surface area contributed by atoms with Crippen LogP contribution in [-0.4, -0.2) is 58.2 Å². The monoisotopic (exact) mass is 386 g/mol. The molecule has 1 saturated carbocycles. The highest BCUT2D eigenvalue weighted by molar-refractivity contribution is 5.94. The molecule has 0 aromatic carbocycles.